The van der Waals surface area contributed by atoms with Crippen molar-refractivity contribution in [1.29, 1.82) is 0 Å². The van der Waals surface area contributed by atoms with Crippen molar-refractivity contribution in [2.75, 3.05) is 7.11 Å². The van der Waals surface area contributed by atoms with Crippen LogP contribution in [-0.2, 0) is 6.54 Å². The van der Waals surface area contributed by atoms with E-state index < -0.39 is 22.4 Å². The van der Waals surface area contributed by atoms with Crippen LogP contribution in [0.2, 0.25) is 0 Å². The maximum Gasteiger partial charge on any atom is 0.285 e. The molecule has 1 atom stereocenters. The lowest BCUT2D eigenvalue weighted by Gasteiger charge is -2.13. The van der Waals surface area contributed by atoms with E-state index in [-0.39, 0.29) is 23.5 Å². The first kappa shape index (κ1) is 15.6. The number of halogens is 1. The molecule has 0 saturated carbocycles. The molecule has 0 aliphatic carbocycles. The zero-order valence-corrected chi connectivity index (χ0v) is 11.6. The molecule has 1 heterocycles. The highest BCUT2D eigenvalue weighted by atomic mass is 19.1. The van der Waals surface area contributed by atoms with Crippen LogP contribution in [0.4, 0.5) is 10.1 Å². The van der Waals surface area contributed by atoms with Gasteiger partial charge in [0.25, 0.3) is 11.2 Å². The van der Waals surface area contributed by atoms with Crippen LogP contribution in [-0.4, -0.2) is 21.7 Å². The van der Waals surface area contributed by atoms with Gasteiger partial charge in [-0.25, -0.2) is 4.39 Å². The molecule has 0 aliphatic rings. The molecule has 1 aromatic carbocycles. The fourth-order valence-corrected chi connectivity index (χ4v) is 1.95. The Balaban J connectivity index is 2.27. The van der Waals surface area contributed by atoms with Crippen LogP contribution in [0, 0.1) is 15.9 Å². The van der Waals surface area contributed by atoms with Crippen molar-refractivity contribution >= 4 is 5.69 Å². The third-order valence-electron chi connectivity index (χ3n) is 3.11. The maximum atomic E-state index is 13.6. The Morgan fingerprint density at radius 3 is 2.73 bits per heavy atom. The fraction of sp³-hybridized carbons (Fsp3) is 0.214. The summed E-state index contributed by atoms with van der Waals surface area (Å²) in [6, 6.07) is 6.02. The average Bonchev–Trinajstić information content (AvgIpc) is 2.49. The molecule has 1 N–H and O–H groups in total. The Labute approximate surface area is 124 Å². The predicted octanol–water partition coefficient (Wildman–Crippen LogP) is 1.64. The van der Waals surface area contributed by atoms with E-state index in [0.29, 0.717) is 0 Å². The van der Waals surface area contributed by atoms with Gasteiger partial charge in [0.2, 0.25) is 0 Å². The summed E-state index contributed by atoms with van der Waals surface area (Å²) in [5, 5.41) is 20.8. The number of hydrogen-bond acceptors (Lipinski definition) is 5. The minimum atomic E-state index is -1.19. The molecule has 0 radical (unpaired) electrons. The highest BCUT2D eigenvalue weighted by Gasteiger charge is 2.14. The molecule has 0 aliphatic heterocycles. The maximum absolute atomic E-state index is 13.6. The number of benzene rings is 1. The van der Waals surface area contributed by atoms with Gasteiger partial charge in [0, 0.05) is 12.1 Å². The lowest BCUT2D eigenvalue weighted by molar-refractivity contribution is -0.385. The van der Waals surface area contributed by atoms with Crippen molar-refractivity contribution in [3.8, 4) is 5.75 Å². The van der Waals surface area contributed by atoms with E-state index >= 15 is 0 Å². The van der Waals surface area contributed by atoms with Crippen molar-refractivity contribution in [3.63, 3.8) is 0 Å². The molecular weight excluding hydrogens is 295 g/mol. The molecule has 8 heteroatoms. The van der Waals surface area contributed by atoms with Crippen LogP contribution in [0.3, 0.4) is 0 Å². The molecule has 0 saturated heterocycles. The van der Waals surface area contributed by atoms with Crippen LogP contribution in [0.5, 0.6) is 5.75 Å². The molecular formula is C14H13FN2O5. The minimum Gasteiger partial charge on any atom is -0.494 e. The second kappa shape index (κ2) is 6.35. The van der Waals surface area contributed by atoms with Crippen molar-refractivity contribution in [3.05, 3.63) is 68.4 Å². The van der Waals surface area contributed by atoms with Crippen LogP contribution < -0.4 is 10.3 Å². The van der Waals surface area contributed by atoms with Gasteiger partial charge in [0.1, 0.15) is 0 Å². The lowest BCUT2D eigenvalue weighted by Crippen LogP contribution is -2.22. The number of nitro groups is 1. The van der Waals surface area contributed by atoms with Gasteiger partial charge >= 0.3 is 0 Å². The van der Waals surface area contributed by atoms with Gasteiger partial charge in [-0.05, 0) is 17.7 Å². The third-order valence-corrected chi connectivity index (χ3v) is 3.11. The van der Waals surface area contributed by atoms with E-state index in [4.69, 9.17) is 4.74 Å². The van der Waals surface area contributed by atoms with Crippen molar-refractivity contribution in [1.82, 2.24) is 4.57 Å². The number of aromatic nitrogens is 1. The number of rotatable bonds is 5. The molecule has 116 valence electrons. The van der Waals surface area contributed by atoms with Gasteiger partial charge in [-0.15, -0.1) is 0 Å². The van der Waals surface area contributed by atoms with Crippen LogP contribution in [0.15, 0.2) is 41.3 Å². The number of aliphatic hydroxyl groups excluding tert-OH is 1. The summed E-state index contributed by atoms with van der Waals surface area (Å²) in [5.74, 6) is -0.617. The normalized spacial score (nSPS) is 12.0. The van der Waals surface area contributed by atoms with E-state index in [9.17, 15) is 24.4 Å². The molecule has 0 fully saturated rings. The van der Waals surface area contributed by atoms with Gasteiger partial charge < -0.3 is 14.4 Å². The van der Waals surface area contributed by atoms with E-state index in [2.05, 4.69) is 0 Å². The van der Waals surface area contributed by atoms with Crippen molar-refractivity contribution < 1.29 is 19.2 Å². The van der Waals surface area contributed by atoms with E-state index in [1.165, 1.54) is 19.2 Å². The fourth-order valence-electron chi connectivity index (χ4n) is 1.95. The summed E-state index contributed by atoms with van der Waals surface area (Å²) in [6.07, 6.45) is -0.161. The Morgan fingerprint density at radius 1 is 1.41 bits per heavy atom. The summed E-state index contributed by atoms with van der Waals surface area (Å²) in [4.78, 5) is 21.7. The first-order valence-corrected chi connectivity index (χ1v) is 6.28. The van der Waals surface area contributed by atoms with Gasteiger partial charge in [-0.2, -0.15) is 0 Å². The van der Waals surface area contributed by atoms with Crippen LogP contribution in [0.1, 0.15) is 11.7 Å². The second-order valence-electron chi connectivity index (χ2n) is 4.54. The molecule has 0 amide bonds. The predicted molar refractivity (Wildman–Crippen MR) is 75.3 cm³/mol. The Hall–Kier alpha value is -2.74. The number of ether oxygens (including phenoxy) is 1. The topological polar surface area (TPSA) is 94.6 Å². The molecule has 1 unspecified atom stereocenters. The van der Waals surface area contributed by atoms with Crippen LogP contribution in [0.25, 0.3) is 0 Å². The molecule has 1 aromatic heterocycles. The Bertz CT molecular complexity index is 759. The van der Waals surface area contributed by atoms with Gasteiger partial charge in [0.15, 0.2) is 11.6 Å². The average molecular weight is 308 g/mol. The van der Waals surface area contributed by atoms with Crippen LogP contribution >= 0.6 is 0 Å². The van der Waals surface area contributed by atoms with Gasteiger partial charge in [0.05, 0.1) is 30.9 Å². The Kier molecular flexibility index (Phi) is 4.52. The zero-order valence-electron chi connectivity index (χ0n) is 11.6. The number of hydrogen-bond donors (Lipinski definition) is 1. The standard InChI is InChI=1S/C14H13FN2O5/c1-22-13-4-2-9(6-11(13)15)12(18)8-16-7-10(17(20)21)3-5-14(16)19/h2-7,12,18H,8H2,1H3. The first-order valence-electron chi connectivity index (χ1n) is 6.28. The van der Waals surface area contributed by atoms with E-state index in [1.54, 1.807) is 0 Å². The van der Waals surface area contributed by atoms with Crippen molar-refractivity contribution in [2.45, 2.75) is 12.6 Å². The van der Waals surface area contributed by atoms with Gasteiger partial charge in [-0.3, -0.25) is 14.9 Å². The third kappa shape index (κ3) is 3.29. The number of methoxy groups -OCH3 is 1. The summed E-state index contributed by atoms with van der Waals surface area (Å²) >= 11 is 0. The number of nitrogens with zero attached hydrogens (tertiary/aromatic N) is 2. The number of pyridine rings is 1. The quantitative estimate of drug-likeness (QED) is 0.669. The molecule has 22 heavy (non-hydrogen) atoms. The lowest BCUT2D eigenvalue weighted by atomic mass is 10.1. The molecule has 2 rings (SSSR count). The summed E-state index contributed by atoms with van der Waals surface area (Å²) in [6.45, 7) is -0.230. The highest BCUT2D eigenvalue weighted by molar-refractivity contribution is 5.30. The van der Waals surface area contributed by atoms with E-state index in [0.717, 1.165) is 29.0 Å². The molecule has 0 spiro atoms. The SMILES string of the molecule is COc1ccc(C(O)Cn2cc([N+](=O)[O-])ccc2=O)cc1F. The number of aliphatic hydroxyl groups is 1. The summed E-state index contributed by atoms with van der Waals surface area (Å²) in [5.41, 5.74) is -0.539. The largest absolute Gasteiger partial charge is 0.494 e. The highest BCUT2D eigenvalue weighted by Crippen LogP contribution is 2.22. The molecule has 0 bridgehead atoms. The second-order valence-corrected chi connectivity index (χ2v) is 4.54. The smallest absolute Gasteiger partial charge is 0.285 e. The monoisotopic (exact) mass is 308 g/mol. The Morgan fingerprint density at radius 2 is 2.14 bits per heavy atom. The molecule has 7 nitrogen and oxygen atoms in total. The first-order chi connectivity index (χ1) is 10.4. The van der Waals surface area contributed by atoms with Crippen molar-refractivity contribution in [2.24, 2.45) is 0 Å². The molecule has 2 aromatic rings. The summed E-state index contributed by atoms with van der Waals surface area (Å²) < 4.78 is 19.4. The van der Waals surface area contributed by atoms with E-state index in [1.807, 2.05) is 0 Å². The zero-order chi connectivity index (χ0) is 16.3. The summed E-state index contributed by atoms with van der Waals surface area (Å²) in [7, 11) is 1.32. The minimum absolute atomic E-state index is 0.0310. The van der Waals surface area contributed by atoms with Gasteiger partial charge in [-0.1, -0.05) is 6.07 Å².